The van der Waals surface area contributed by atoms with Crippen LogP contribution in [0.15, 0.2) is 48.5 Å². The highest BCUT2D eigenvalue weighted by atomic mass is 16.5. The van der Waals surface area contributed by atoms with E-state index in [0.717, 1.165) is 28.7 Å². The molecule has 34 heavy (non-hydrogen) atoms. The van der Waals surface area contributed by atoms with Gasteiger partial charge in [0.25, 0.3) is 0 Å². The smallest absolute Gasteiger partial charge is 0.407 e. The molecular formula is C26H32N2O6. The molecule has 4 N–H and O–H groups in total. The summed E-state index contributed by atoms with van der Waals surface area (Å²) < 4.78 is 5.56. The summed E-state index contributed by atoms with van der Waals surface area (Å²) in [5.74, 6) is -1.69. The summed E-state index contributed by atoms with van der Waals surface area (Å²) in [6, 6.07) is 15.3. The highest BCUT2D eigenvalue weighted by Crippen LogP contribution is 2.44. The maximum Gasteiger partial charge on any atom is 0.407 e. The van der Waals surface area contributed by atoms with Crippen molar-refractivity contribution >= 4 is 18.0 Å². The first kappa shape index (κ1) is 25.2. The first-order valence-corrected chi connectivity index (χ1v) is 11.6. The third kappa shape index (κ3) is 6.14. The Balaban J connectivity index is 1.61. The molecule has 0 fully saturated rings. The van der Waals surface area contributed by atoms with Gasteiger partial charge in [0.1, 0.15) is 12.6 Å². The van der Waals surface area contributed by atoms with E-state index in [1.807, 2.05) is 50.2 Å². The van der Waals surface area contributed by atoms with Crippen LogP contribution in [0.1, 0.15) is 50.2 Å². The van der Waals surface area contributed by atoms with Crippen molar-refractivity contribution in [2.24, 2.45) is 5.92 Å². The predicted molar refractivity (Wildman–Crippen MR) is 127 cm³/mol. The summed E-state index contributed by atoms with van der Waals surface area (Å²) in [5.41, 5.74) is 4.46. The van der Waals surface area contributed by atoms with Crippen molar-refractivity contribution in [3.8, 4) is 11.1 Å². The zero-order chi connectivity index (χ0) is 24.7. The molecule has 182 valence electrons. The van der Waals surface area contributed by atoms with Gasteiger partial charge >= 0.3 is 12.1 Å². The Hall–Kier alpha value is -3.39. The number of hydrogen-bond acceptors (Lipinski definition) is 5. The van der Waals surface area contributed by atoms with Crippen molar-refractivity contribution in [3.63, 3.8) is 0 Å². The van der Waals surface area contributed by atoms with E-state index in [-0.39, 0.29) is 31.4 Å². The summed E-state index contributed by atoms with van der Waals surface area (Å²) in [5, 5.41) is 23.4. The Morgan fingerprint density at radius 1 is 1.03 bits per heavy atom. The number of carboxylic acid groups (broad SMARTS) is 1. The van der Waals surface area contributed by atoms with Gasteiger partial charge in [-0.25, -0.2) is 9.59 Å². The third-order valence-electron chi connectivity index (χ3n) is 6.29. The Labute approximate surface area is 199 Å². The number of rotatable bonds is 11. The fraction of sp³-hybridized carbons (Fsp3) is 0.423. The van der Waals surface area contributed by atoms with E-state index < -0.39 is 30.1 Å². The Morgan fingerprint density at radius 2 is 1.62 bits per heavy atom. The molecule has 0 aliphatic heterocycles. The molecule has 3 atom stereocenters. The molecule has 2 aromatic rings. The van der Waals surface area contributed by atoms with Gasteiger partial charge in [-0.1, -0.05) is 68.8 Å². The quantitative estimate of drug-likeness (QED) is 0.401. The van der Waals surface area contributed by atoms with Crippen molar-refractivity contribution in [2.75, 3.05) is 13.2 Å². The second-order valence-corrected chi connectivity index (χ2v) is 8.71. The number of aliphatic hydroxyl groups excluding tert-OH is 1. The highest BCUT2D eigenvalue weighted by molar-refractivity contribution is 5.86. The van der Waals surface area contributed by atoms with Crippen molar-refractivity contribution in [2.45, 2.75) is 51.2 Å². The summed E-state index contributed by atoms with van der Waals surface area (Å²) in [6.45, 7) is 4.10. The van der Waals surface area contributed by atoms with Crippen LogP contribution in [0.25, 0.3) is 11.1 Å². The SMILES string of the molecule is CCC(C)CC(NC(=O)OCC1c2ccccc2-c2ccccc21)C(=O)NCCC(O)C(=O)O. The number of aliphatic carboxylic acids is 1. The summed E-state index contributed by atoms with van der Waals surface area (Å²) >= 11 is 0. The molecule has 1 aliphatic rings. The van der Waals surface area contributed by atoms with Crippen molar-refractivity contribution < 1.29 is 29.3 Å². The van der Waals surface area contributed by atoms with Crippen LogP contribution in [0, 0.1) is 5.92 Å². The molecule has 0 saturated heterocycles. The van der Waals surface area contributed by atoms with Crippen LogP contribution < -0.4 is 10.6 Å². The van der Waals surface area contributed by atoms with Crippen LogP contribution in [-0.4, -0.2) is 53.5 Å². The van der Waals surface area contributed by atoms with Gasteiger partial charge in [0.05, 0.1) is 0 Å². The van der Waals surface area contributed by atoms with E-state index in [0.29, 0.717) is 6.42 Å². The first-order valence-electron chi connectivity index (χ1n) is 11.6. The molecule has 0 bridgehead atoms. The second kappa shape index (κ2) is 11.7. The molecule has 0 spiro atoms. The standard InChI is InChI=1S/C26H32N2O6/c1-3-16(2)14-22(24(30)27-13-12-23(29)25(31)32)28-26(33)34-15-21-19-10-6-4-8-17(19)18-9-5-7-11-20(18)21/h4-11,16,21-23,29H,3,12-15H2,1-2H3,(H,27,30)(H,28,33)(H,31,32). The van der Waals surface area contributed by atoms with Gasteiger partial charge in [-0.05, 0) is 34.6 Å². The average Bonchev–Trinajstić information content (AvgIpc) is 3.15. The maximum absolute atomic E-state index is 12.7. The molecule has 0 saturated carbocycles. The number of carboxylic acids is 1. The molecule has 0 radical (unpaired) electrons. The van der Waals surface area contributed by atoms with Gasteiger partial charge in [-0.15, -0.1) is 0 Å². The van der Waals surface area contributed by atoms with Gasteiger partial charge in [0, 0.05) is 18.9 Å². The topological polar surface area (TPSA) is 125 Å². The van der Waals surface area contributed by atoms with E-state index in [2.05, 4.69) is 22.8 Å². The van der Waals surface area contributed by atoms with Gasteiger partial charge in [0.15, 0.2) is 6.10 Å². The van der Waals surface area contributed by atoms with Crippen LogP contribution in [0.4, 0.5) is 4.79 Å². The third-order valence-corrected chi connectivity index (χ3v) is 6.29. The number of alkyl carbamates (subject to hydrolysis) is 1. The fourth-order valence-electron chi connectivity index (χ4n) is 4.16. The molecule has 0 heterocycles. The number of carbonyl (C=O) groups is 3. The van der Waals surface area contributed by atoms with Gasteiger partial charge in [-0.2, -0.15) is 0 Å². The lowest BCUT2D eigenvalue weighted by atomic mass is 9.98. The number of benzene rings is 2. The predicted octanol–water partition coefficient (Wildman–Crippen LogP) is 3.28. The van der Waals surface area contributed by atoms with Crippen LogP contribution in [0.5, 0.6) is 0 Å². The van der Waals surface area contributed by atoms with Crippen molar-refractivity contribution in [1.29, 1.82) is 0 Å². The van der Waals surface area contributed by atoms with Crippen LogP contribution in [0.3, 0.4) is 0 Å². The molecule has 2 amide bonds. The maximum atomic E-state index is 12.7. The minimum atomic E-state index is -1.55. The number of amides is 2. The summed E-state index contributed by atoms with van der Waals surface area (Å²) in [6.07, 6.45) is -1.12. The minimum absolute atomic E-state index is 0.0182. The largest absolute Gasteiger partial charge is 0.479 e. The summed E-state index contributed by atoms with van der Waals surface area (Å²) in [7, 11) is 0. The molecule has 8 nitrogen and oxygen atoms in total. The van der Waals surface area contributed by atoms with Crippen molar-refractivity contribution in [1.82, 2.24) is 10.6 Å². The number of ether oxygens (including phenoxy) is 1. The van der Waals surface area contributed by atoms with Crippen LogP contribution >= 0.6 is 0 Å². The highest BCUT2D eigenvalue weighted by Gasteiger charge is 2.30. The van der Waals surface area contributed by atoms with Crippen LogP contribution in [0.2, 0.25) is 0 Å². The van der Waals surface area contributed by atoms with E-state index >= 15 is 0 Å². The monoisotopic (exact) mass is 468 g/mol. The first-order chi connectivity index (χ1) is 16.3. The Bertz CT molecular complexity index is 978. The van der Waals surface area contributed by atoms with Crippen LogP contribution in [-0.2, 0) is 14.3 Å². The zero-order valence-corrected chi connectivity index (χ0v) is 19.5. The van der Waals surface area contributed by atoms with Gasteiger partial charge in [-0.3, -0.25) is 4.79 Å². The van der Waals surface area contributed by atoms with Gasteiger partial charge < -0.3 is 25.6 Å². The molecule has 0 aromatic heterocycles. The summed E-state index contributed by atoms with van der Waals surface area (Å²) in [4.78, 5) is 36.0. The zero-order valence-electron chi connectivity index (χ0n) is 19.5. The van der Waals surface area contributed by atoms with Gasteiger partial charge in [0.2, 0.25) is 5.91 Å². The molecule has 1 aliphatic carbocycles. The van der Waals surface area contributed by atoms with E-state index in [1.165, 1.54) is 0 Å². The van der Waals surface area contributed by atoms with Crippen molar-refractivity contribution in [3.05, 3.63) is 59.7 Å². The van der Waals surface area contributed by atoms with E-state index in [9.17, 15) is 19.5 Å². The van der Waals surface area contributed by atoms with E-state index in [4.69, 9.17) is 9.84 Å². The van der Waals surface area contributed by atoms with E-state index in [1.54, 1.807) is 0 Å². The Morgan fingerprint density at radius 3 is 2.18 bits per heavy atom. The number of aliphatic hydroxyl groups is 1. The molecule has 3 rings (SSSR count). The normalized spacial score (nSPS) is 14.9. The number of nitrogens with one attached hydrogen (secondary N) is 2. The average molecular weight is 469 g/mol. The number of hydrogen-bond donors (Lipinski definition) is 4. The fourth-order valence-corrected chi connectivity index (χ4v) is 4.16. The lowest BCUT2D eigenvalue weighted by Crippen LogP contribution is -2.48. The number of carbonyl (C=O) groups excluding carboxylic acids is 2. The lowest BCUT2D eigenvalue weighted by molar-refractivity contribution is -0.147. The Kier molecular flexibility index (Phi) is 8.65. The molecule has 3 unspecified atom stereocenters. The minimum Gasteiger partial charge on any atom is -0.479 e. The molecular weight excluding hydrogens is 436 g/mol. The second-order valence-electron chi connectivity index (χ2n) is 8.71. The number of fused-ring (bicyclic) bond motifs is 3. The lowest BCUT2D eigenvalue weighted by Gasteiger charge is -2.22. The molecule has 8 heteroatoms. The molecule has 2 aromatic carbocycles.